The molecule has 0 aliphatic heterocycles. The number of hydrogen-bond acceptors (Lipinski definition) is 6. The fourth-order valence-corrected chi connectivity index (χ4v) is 4.07. The summed E-state index contributed by atoms with van der Waals surface area (Å²) in [6, 6.07) is 13.4. The molecule has 0 radical (unpaired) electrons. The molecular weight excluding hydrogens is 436 g/mol. The minimum atomic E-state index is -0.314. The van der Waals surface area contributed by atoms with Crippen LogP contribution in [0.25, 0.3) is 0 Å². The standard InChI is InChI=1S/C25H30N4O3S/c1-6-14-29-24(19(5)32-22-13-8-17(3)15-18(22)4)27-28-25(29)33-16-23(30)26-20-9-11-21(12-10-20)31-7-2/h6,8-13,15,19H,1,7,14,16H2,2-5H3,(H,26,30). The Morgan fingerprint density at radius 2 is 1.97 bits per heavy atom. The van der Waals surface area contributed by atoms with E-state index in [9.17, 15) is 4.79 Å². The first kappa shape index (κ1) is 24.4. The Bertz CT molecular complexity index is 1100. The summed E-state index contributed by atoms with van der Waals surface area (Å²) in [4.78, 5) is 12.4. The third kappa shape index (κ3) is 6.61. The van der Waals surface area contributed by atoms with E-state index in [1.165, 1.54) is 17.3 Å². The molecule has 1 N–H and O–H groups in total. The first-order chi connectivity index (χ1) is 15.9. The van der Waals surface area contributed by atoms with E-state index in [1.807, 2.05) is 61.7 Å². The highest BCUT2D eigenvalue weighted by Crippen LogP contribution is 2.27. The number of ether oxygens (including phenoxy) is 2. The molecule has 0 spiro atoms. The summed E-state index contributed by atoms with van der Waals surface area (Å²) in [5.41, 5.74) is 2.97. The Morgan fingerprint density at radius 1 is 1.21 bits per heavy atom. The van der Waals surface area contributed by atoms with E-state index < -0.39 is 0 Å². The number of nitrogens with zero attached hydrogens (tertiary/aromatic N) is 3. The maximum Gasteiger partial charge on any atom is 0.234 e. The molecule has 0 fully saturated rings. The van der Waals surface area contributed by atoms with Crippen LogP contribution in [0.15, 0.2) is 60.3 Å². The average Bonchev–Trinajstić information content (AvgIpc) is 3.19. The van der Waals surface area contributed by atoms with E-state index in [1.54, 1.807) is 6.08 Å². The fraction of sp³-hybridized carbons (Fsp3) is 0.320. The number of allylic oxidation sites excluding steroid dienone is 1. The number of thioether (sulfide) groups is 1. The van der Waals surface area contributed by atoms with E-state index in [0.29, 0.717) is 29.8 Å². The van der Waals surface area contributed by atoms with Crippen LogP contribution in [0.3, 0.4) is 0 Å². The molecule has 33 heavy (non-hydrogen) atoms. The fourth-order valence-electron chi connectivity index (χ4n) is 3.31. The predicted octanol–water partition coefficient (Wildman–Crippen LogP) is 5.35. The van der Waals surface area contributed by atoms with Crippen LogP contribution in [0.5, 0.6) is 11.5 Å². The van der Waals surface area contributed by atoms with Gasteiger partial charge in [0, 0.05) is 12.2 Å². The maximum atomic E-state index is 12.4. The monoisotopic (exact) mass is 466 g/mol. The molecule has 3 aromatic rings. The highest BCUT2D eigenvalue weighted by molar-refractivity contribution is 7.99. The Kier molecular flexibility index (Phi) is 8.54. The minimum Gasteiger partial charge on any atom is -0.494 e. The second-order valence-corrected chi connectivity index (χ2v) is 8.51. The number of benzene rings is 2. The summed E-state index contributed by atoms with van der Waals surface area (Å²) in [5.74, 6) is 2.34. The van der Waals surface area contributed by atoms with Crippen molar-refractivity contribution < 1.29 is 14.3 Å². The Hall–Kier alpha value is -3.26. The summed E-state index contributed by atoms with van der Waals surface area (Å²) in [7, 11) is 0. The first-order valence-electron chi connectivity index (χ1n) is 10.8. The van der Waals surface area contributed by atoms with Crippen LogP contribution in [0, 0.1) is 13.8 Å². The molecule has 1 heterocycles. The molecule has 1 amide bonds. The molecule has 0 saturated carbocycles. The molecule has 7 nitrogen and oxygen atoms in total. The average molecular weight is 467 g/mol. The van der Waals surface area contributed by atoms with Gasteiger partial charge in [0.1, 0.15) is 11.5 Å². The van der Waals surface area contributed by atoms with Crippen LogP contribution < -0.4 is 14.8 Å². The smallest absolute Gasteiger partial charge is 0.234 e. The summed E-state index contributed by atoms with van der Waals surface area (Å²) in [5, 5.41) is 12.2. The van der Waals surface area contributed by atoms with Gasteiger partial charge >= 0.3 is 0 Å². The number of hydrogen-bond donors (Lipinski definition) is 1. The topological polar surface area (TPSA) is 78.3 Å². The van der Waals surface area contributed by atoms with E-state index in [2.05, 4.69) is 35.1 Å². The van der Waals surface area contributed by atoms with Gasteiger partial charge in [-0.15, -0.1) is 16.8 Å². The molecule has 0 saturated heterocycles. The van der Waals surface area contributed by atoms with Gasteiger partial charge in [-0.25, -0.2) is 0 Å². The van der Waals surface area contributed by atoms with Gasteiger partial charge < -0.3 is 14.8 Å². The number of carbonyl (C=O) groups is 1. The number of amides is 1. The van der Waals surface area contributed by atoms with E-state index in [-0.39, 0.29) is 17.8 Å². The number of aryl methyl sites for hydroxylation is 2. The third-order valence-electron chi connectivity index (χ3n) is 4.84. The van der Waals surface area contributed by atoms with E-state index in [0.717, 1.165) is 17.1 Å². The van der Waals surface area contributed by atoms with Gasteiger partial charge in [0.25, 0.3) is 0 Å². The molecule has 0 bridgehead atoms. The number of anilines is 1. The van der Waals surface area contributed by atoms with Gasteiger partial charge in [-0.05, 0) is 63.6 Å². The first-order valence-corrected chi connectivity index (χ1v) is 11.8. The molecular formula is C25H30N4O3S. The lowest BCUT2D eigenvalue weighted by molar-refractivity contribution is -0.113. The molecule has 1 unspecified atom stereocenters. The van der Waals surface area contributed by atoms with Gasteiger partial charge in [-0.1, -0.05) is 35.5 Å². The maximum absolute atomic E-state index is 12.4. The van der Waals surface area contributed by atoms with Gasteiger partial charge in [-0.3, -0.25) is 9.36 Å². The Balaban J connectivity index is 1.64. The van der Waals surface area contributed by atoms with Crippen LogP contribution in [0.2, 0.25) is 0 Å². The van der Waals surface area contributed by atoms with Crippen molar-refractivity contribution in [2.75, 3.05) is 17.7 Å². The van der Waals surface area contributed by atoms with E-state index >= 15 is 0 Å². The summed E-state index contributed by atoms with van der Waals surface area (Å²) < 4.78 is 13.5. The minimum absolute atomic E-state index is 0.126. The van der Waals surface area contributed by atoms with Gasteiger partial charge in [0.2, 0.25) is 5.91 Å². The zero-order chi connectivity index (χ0) is 23.8. The number of nitrogens with one attached hydrogen (secondary N) is 1. The number of rotatable bonds is 11. The lowest BCUT2D eigenvalue weighted by Gasteiger charge is -2.17. The number of aromatic nitrogens is 3. The Labute approximate surface area is 199 Å². The third-order valence-corrected chi connectivity index (χ3v) is 5.80. The summed E-state index contributed by atoms with van der Waals surface area (Å²) >= 11 is 1.32. The molecule has 1 aromatic heterocycles. The molecule has 1 atom stereocenters. The lowest BCUT2D eigenvalue weighted by Crippen LogP contribution is -2.15. The number of carbonyl (C=O) groups excluding carboxylic acids is 1. The van der Waals surface area contributed by atoms with E-state index in [4.69, 9.17) is 9.47 Å². The van der Waals surface area contributed by atoms with Crippen molar-refractivity contribution in [3.63, 3.8) is 0 Å². The van der Waals surface area contributed by atoms with Crippen LogP contribution in [-0.4, -0.2) is 33.0 Å². The zero-order valence-corrected chi connectivity index (χ0v) is 20.3. The highest BCUT2D eigenvalue weighted by atomic mass is 32.2. The molecule has 8 heteroatoms. The van der Waals surface area contributed by atoms with Crippen LogP contribution in [0.1, 0.15) is 36.9 Å². The largest absolute Gasteiger partial charge is 0.494 e. The summed E-state index contributed by atoms with van der Waals surface area (Å²) in [6.07, 6.45) is 1.46. The highest BCUT2D eigenvalue weighted by Gasteiger charge is 2.20. The van der Waals surface area contributed by atoms with Crippen LogP contribution >= 0.6 is 11.8 Å². The molecule has 0 aliphatic carbocycles. The van der Waals surface area contributed by atoms with Crippen LogP contribution in [0.4, 0.5) is 5.69 Å². The lowest BCUT2D eigenvalue weighted by atomic mass is 10.1. The molecule has 3 rings (SSSR count). The van der Waals surface area contributed by atoms with Crippen molar-refractivity contribution in [3.05, 3.63) is 72.1 Å². The van der Waals surface area contributed by atoms with Crippen LogP contribution in [-0.2, 0) is 11.3 Å². The van der Waals surface area contributed by atoms with Crippen molar-refractivity contribution >= 4 is 23.4 Å². The van der Waals surface area contributed by atoms with Crippen molar-refractivity contribution in [1.29, 1.82) is 0 Å². The molecule has 0 aliphatic rings. The predicted molar refractivity (Wildman–Crippen MR) is 132 cm³/mol. The van der Waals surface area contributed by atoms with Crippen molar-refractivity contribution in [2.24, 2.45) is 0 Å². The Morgan fingerprint density at radius 3 is 2.64 bits per heavy atom. The second kappa shape index (κ2) is 11.6. The van der Waals surface area contributed by atoms with Gasteiger partial charge in [0.05, 0.1) is 12.4 Å². The van der Waals surface area contributed by atoms with Crippen molar-refractivity contribution in [1.82, 2.24) is 14.8 Å². The van der Waals surface area contributed by atoms with Gasteiger partial charge in [-0.2, -0.15) is 0 Å². The SMILES string of the molecule is C=CCn1c(SCC(=O)Nc2ccc(OCC)cc2)nnc1C(C)Oc1ccc(C)cc1C. The zero-order valence-electron chi connectivity index (χ0n) is 19.5. The van der Waals surface area contributed by atoms with Crippen molar-refractivity contribution in [3.8, 4) is 11.5 Å². The van der Waals surface area contributed by atoms with Gasteiger partial charge in [0.15, 0.2) is 17.1 Å². The quantitative estimate of drug-likeness (QED) is 0.303. The molecule has 2 aromatic carbocycles. The normalized spacial score (nSPS) is 11.6. The summed E-state index contributed by atoms with van der Waals surface area (Å²) in [6.45, 7) is 12.9. The molecule has 174 valence electrons. The van der Waals surface area contributed by atoms with Crippen molar-refractivity contribution in [2.45, 2.75) is 45.5 Å². The second-order valence-electron chi connectivity index (χ2n) is 7.56.